The van der Waals surface area contributed by atoms with Gasteiger partial charge in [-0.1, -0.05) is 391 Å². The largest absolute Gasteiger partial charge is 0.394 e. The molecule has 446 valence electrons. The van der Waals surface area contributed by atoms with Gasteiger partial charge in [-0.15, -0.1) is 0 Å². The number of hydrogen-bond donors (Lipinski definition) is 3. The fourth-order valence-electron chi connectivity index (χ4n) is 11.4. The van der Waals surface area contributed by atoms with E-state index in [0.29, 0.717) is 6.42 Å². The number of carbonyl (C=O) groups is 1. The lowest BCUT2D eigenvalue weighted by Crippen LogP contribution is -2.45. The first-order valence-electron chi connectivity index (χ1n) is 35.1. The molecule has 0 radical (unpaired) electrons. The van der Waals surface area contributed by atoms with Crippen molar-refractivity contribution in [2.75, 3.05) is 6.61 Å². The Bertz CT molecular complexity index is 1100. The molecule has 0 aromatic carbocycles. The molecule has 0 rings (SSSR count). The van der Waals surface area contributed by atoms with Gasteiger partial charge in [-0.05, 0) is 32.1 Å². The predicted octanol–water partition coefficient (Wildman–Crippen LogP) is 23.8. The molecule has 75 heavy (non-hydrogen) atoms. The van der Waals surface area contributed by atoms with Crippen molar-refractivity contribution in [1.82, 2.24) is 5.32 Å². The Morgan fingerprint density at radius 3 is 0.773 bits per heavy atom. The first kappa shape index (κ1) is 73.9. The standard InChI is InChI=1S/C71H139NO3/c1-3-5-7-9-11-13-15-17-19-21-23-25-27-29-30-31-32-33-34-35-36-37-38-39-40-41-43-45-47-49-51-53-55-57-59-61-63-65-67-71(75)72-69(68-73)70(74)66-64-62-60-58-56-54-52-50-48-46-44-42-28-26-24-22-20-18-16-14-12-10-8-6-4-2/h56,58,64,66,69-70,73-74H,3-55,57,59-63,65,67-68H2,1-2H3,(H,72,75)/b58-56+,66-64+. The van der Waals surface area contributed by atoms with Gasteiger partial charge in [-0.25, -0.2) is 0 Å². The minimum absolute atomic E-state index is 0.0642. The molecule has 3 N–H and O–H groups in total. The molecule has 4 nitrogen and oxygen atoms in total. The summed E-state index contributed by atoms with van der Waals surface area (Å²) in [4.78, 5) is 12.5. The van der Waals surface area contributed by atoms with Crippen LogP contribution in [0.25, 0.3) is 0 Å². The van der Waals surface area contributed by atoms with Crippen molar-refractivity contribution in [1.29, 1.82) is 0 Å². The maximum Gasteiger partial charge on any atom is 0.220 e. The van der Waals surface area contributed by atoms with E-state index >= 15 is 0 Å². The molecule has 0 spiro atoms. The van der Waals surface area contributed by atoms with Gasteiger partial charge in [0.05, 0.1) is 18.8 Å². The van der Waals surface area contributed by atoms with Crippen LogP contribution in [-0.4, -0.2) is 34.9 Å². The summed E-state index contributed by atoms with van der Waals surface area (Å²) in [6.45, 7) is 4.35. The molecule has 0 heterocycles. The van der Waals surface area contributed by atoms with Crippen molar-refractivity contribution < 1.29 is 15.0 Å². The zero-order valence-electron chi connectivity index (χ0n) is 51.6. The molecule has 0 fully saturated rings. The lowest BCUT2D eigenvalue weighted by molar-refractivity contribution is -0.123. The van der Waals surface area contributed by atoms with E-state index in [-0.39, 0.29) is 12.5 Å². The number of nitrogens with one attached hydrogen (secondary N) is 1. The lowest BCUT2D eigenvalue weighted by Gasteiger charge is -2.19. The second-order valence-corrected chi connectivity index (χ2v) is 24.3. The van der Waals surface area contributed by atoms with E-state index in [0.717, 1.165) is 32.1 Å². The van der Waals surface area contributed by atoms with Gasteiger partial charge >= 0.3 is 0 Å². The molecule has 4 heteroatoms. The third kappa shape index (κ3) is 63.6. The minimum atomic E-state index is -0.861. The van der Waals surface area contributed by atoms with Crippen LogP contribution in [-0.2, 0) is 4.79 Å². The Morgan fingerprint density at radius 2 is 0.520 bits per heavy atom. The molecule has 0 aromatic heterocycles. The smallest absolute Gasteiger partial charge is 0.220 e. The summed E-state index contributed by atoms with van der Waals surface area (Å²) in [6.07, 6.45) is 91.4. The zero-order valence-corrected chi connectivity index (χ0v) is 51.6. The van der Waals surface area contributed by atoms with Crippen LogP contribution in [0.5, 0.6) is 0 Å². The van der Waals surface area contributed by atoms with Crippen LogP contribution in [0.4, 0.5) is 0 Å². The van der Waals surface area contributed by atoms with Gasteiger partial charge in [0.2, 0.25) is 5.91 Å². The van der Waals surface area contributed by atoms with E-state index < -0.39 is 12.1 Å². The topological polar surface area (TPSA) is 69.6 Å². The van der Waals surface area contributed by atoms with E-state index in [2.05, 4.69) is 31.3 Å². The second kappa shape index (κ2) is 67.1. The van der Waals surface area contributed by atoms with Crippen molar-refractivity contribution in [3.05, 3.63) is 24.3 Å². The summed E-state index contributed by atoms with van der Waals surface area (Å²) in [5, 5.41) is 23.3. The van der Waals surface area contributed by atoms with Crippen LogP contribution < -0.4 is 5.32 Å². The average molecular weight is 1050 g/mol. The van der Waals surface area contributed by atoms with Crippen molar-refractivity contribution in [3.63, 3.8) is 0 Å². The Labute approximate surface area is 472 Å². The highest BCUT2D eigenvalue weighted by Crippen LogP contribution is 2.19. The third-order valence-corrected chi connectivity index (χ3v) is 16.7. The molecule has 1 amide bonds. The number of amides is 1. The van der Waals surface area contributed by atoms with Crippen LogP contribution in [0.1, 0.15) is 406 Å². The number of aliphatic hydroxyl groups excluding tert-OH is 2. The van der Waals surface area contributed by atoms with Gasteiger partial charge in [0.25, 0.3) is 0 Å². The minimum Gasteiger partial charge on any atom is -0.394 e. The Kier molecular flexibility index (Phi) is 66.1. The maximum atomic E-state index is 12.5. The number of unbranched alkanes of at least 4 members (excludes halogenated alkanes) is 57. The van der Waals surface area contributed by atoms with Crippen LogP contribution in [0.3, 0.4) is 0 Å². The summed E-state index contributed by atoms with van der Waals surface area (Å²) in [6, 6.07) is -0.638. The van der Waals surface area contributed by atoms with Crippen LogP contribution in [0.15, 0.2) is 24.3 Å². The molecule has 0 aliphatic carbocycles. The molecule has 2 atom stereocenters. The first-order chi connectivity index (χ1) is 37.2. The molecular formula is C71H139NO3. The summed E-state index contributed by atoms with van der Waals surface area (Å²) in [5.74, 6) is -0.0642. The first-order valence-corrected chi connectivity index (χ1v) is 35.1. The number of allylic oxidation sites excluding steroid dienone is 3. The maximum absolute atomic E-state index is 12.5. The van der Waals surface area contributed by atoms with Crippen molar-refractivity contribution >= 4 is 5.91 Å². The van der Waals surface area contributed by atoms with Crippen molar-refractivity contribution in [2.24, 2.45) is 0 Å². The van der Waals surface area contributed by atoms with Gasteiger partial charge < -0.3 is 15.5 Å². The van der Waals surface area contributed by atoms with E-state index in [4.69, 9.17) is 0 Å². The molecule has 0 aliphatic heterocycles. The number of aliphatic hydroxyl groups is 2. The van der Waals surface area contributed by atoms with E-state index in [1.54, 1.807) is 6.08 Å². The van der Waals surface area contributed by atoms with Crippen LogP contribution in [0.2, 0.25) is 0 Å². The monoisotopic (exact) mass is 1050 g/mol. The molecule has 0 aromatic rings. The summed E-state index contributed by atoms with van der Waals surface area (Å²) < 4.78 is 0. The van der Waals surface area contributed by atoms with E-state index in [1.165, 1.54) is 353 Å². The van der Waals surface area contributed by atoms with Crippen LogP contribution in [0, 0.1) is 0 Å². The highest BCUT2D eigenvalue weighted by Gasteiger charge is 2.18. The molecule has 2 unspecified atom stereocenters. The van der Waals surface area contributed by atoms with Gasteiger partial charge in [-0.2, -0.15) is 0 Å². The molecule has 0 saturated heterocycles. The second-order valence-electron chi connectivity index (χ2n) is 24.3. The fraction of sp³-hybridized carbons (Fsp3) is 0.930. The van der Waals surface area contributed by atoms with Crippen LogP contribution >= 0.6 is 0 Å². The molecular weight excluding hydrogens is 915 g/mol. The van der Waals surface area contributed by atoms with Gasteiger partial charge in [0.1, 0.15) is 0 Å². The Hall–Kier alpha value is -1.13. The Morgan fingerprint density at radius 1 is 0.307 bits per heavy atom. The van der Waals surface area contributed by atoms with E-state index in [1.807, 2.05) is 6.08 Å². The highest BCUT2D eigenvalue weighted by atomic mass is 16.3. The van der Waals surface area contributed by atoms with Gasteiger partial charge in [-0.3, -0.25) is 4.79 Å². The Balaban J connectivity index is 3.40. The average Bonchev–Trinajstić information content (AvgIpc) is 3.41. The molecule has 0 bridgehead atoms. The predicted molar refractivity (Wildman–Crippen MR) is 336 cm³/mol. The molecule has 0 saturated carbocycles. The van der Waals surface area contributed by atoms with Gasteiger partial charge in [0, 0.05) is 6.42 Å². The molecule has 0 aliphatic rings. The van der Waals surface area contributed by atoms with Gasteiger partial charge in [0.15, 0.2) is 0 Å². The SMILES string of the molecule is CCCCCCCCCCCCCCCCCCCCC/C=C/CC/C=C/C(O)C(CO)NC(=O)CCCCCCCCCCCCCCCCCCCCCCCCCCCCCCCCCCCCCCCC. The fourth-order valence-corrected chi connectivity index (χ4v) is 11.4. The number of hydrogen-bond acceptors (Lipinski definition) is 3. The number of rotatable bonds is 66. The number of carbonyl (C=O) groups excluding carboxylic acids is 1. The summed E-state index contributed by atoms with van der Waals surface area (Å²) in [7, 11) is 0. The van der Waals surface area contributed by atoms with Crippen molar-refractivity contribution in [2.45, 2.75) is 418 Å². The zero-order chi connectivity index (χ0) is 54.1. The summed E-state index contributed by atoms with van der Waals surface area (Å²) in [5.41, 5.74) is 0. The van der Waals surface area contributed by atoms with E-state index in [9.17, 15) is 15.0 Å². The lowest BCUT2D eigenvalue weighted by atomic mass is 10.0. The third-order valence-electron chi connectivity index (χ3n) is 16.7. The highest BCUT2D eigenvalue weighted by molar-refractivity contribution is 5.76. The van der Waals surface area contributed by atoms with Crippen molar-refractivity contribution in [3.8, 4) is 0 Å². The normalized spacial score (nSPS) is 12.7. The summed E-state index contributed by atoms with van der Waals surface area (Å²) >= 11 is 0. The quantitative estimate of drug-likeness (QED) is 0.0420.